The molecule has 5 heteroatoms. The fourth-order valence-electron chi connectivity index (χ4n) is 2.79. The number of hydrogen-bond acceptors (Lipinski definition) is 3. The number of aryl methyl sites for hydroxylation is 1. The van der Waals surface area contributed by atoms with Gasteiger partial charge in [-0.05, 0) is 54.8 Å². The maximum atomic E-state index is 12.0. The van der Waals surface area contributed by atoms with E-state index in [1.807, 2.05) is 24.3 Å². The molecule has 0 heterocycles. The molecule has 0 saturated heterocycles. The molecule has 3 N–H and O–H groups in total. The monoisotopic (exact) mass is 368 g/mol. The lowest BCUT2D eigenvalue weighted by molar-refractivity contribution is -0.123. The maximum absolute atomic E-state index is 12.0. The molecule has 0 fully saturated rings. The molecule has 2 aromatic carbocycles. The molecule has 2 amide bonds. The summed E-state index contributed by atoms with van der Waals surface area (Å²) in [5, 5.41) is 14.6. The van der Waals surface area contributed by atoms with Gasteiger partial charge in [-0.3, -0.25) is 9.59 Å². The van der Waals surface area contributed by atoms with Gasteiger partial charge in [-0.1, -0.05) is 44.7 Å². The average molecular weight is 368 g/mol. The molecule has 0 radical (unpaired) electrons. The van der Waals surface area contributed by atoms with Gasteiger partial charge in [0.1, 0.15) is 12.2 Å². The van der Waals surface area contributed by atoms with Crippen LogP contribution in [0, 0.1) is 0 Å². The Bertz CT molecular complexity index is 724. The van der Waals surface area contributed by atoms with Crippen LogP contribution in [-0.2, 0) is 16.0 Å². The smallest absolute Gasteiger partial charge is 0.233 e. The number of nitrogens with one attached hydrogen (secondary N) is 2. The summed E-state index contributed by atoms with van der Waals surface area (Å²) in [6, 6.07) is 13.9. The standard InChI is InChI=1S/C22H28N2O3/c1-2-3-4-5-6-7-17-8-10-18(11-9-17)23-21(26)16-22(27)24-19-12-14-20(25)15-13-19/h8-15,25H,2-7,16H2,1H3,(H,23,26)(H,24,27). The van der Waals surface area contributed by atoms with Gasteiger partial charge in [0, 0.05) is 11.4 Å². The van der Waals surface area contributed by atoms with E-state index in [0.717, 1.165) is 6.42 Å². The minimum atomic E-state index is -0.401. The molecule has 0 spiro atoms. The number of anilines is 2. The molecular weight excluding hydrogens is 340 g/mol. The Morgan fingerprint density at radius 1 is 0.778 bits per heavy atom. The molecule has 0 saturated carbocycles. The highest BCUT2D eigenvalue weighted by atomic mass is 16.3. The first kappa shape index (κ1) is 20.5. The lowest BCUT2D eigenvalue weighted by Gasteiger charge is -2.08. The van der Waals surface area contributed by atoms with Gasteiger partial charge in [0.25, 0.3) is 0 Å². The summed E-state index contributed by atoms with van der Waals surface area (Å²) < 4.78 is 0. The van der Waals surface area contributed by atoms with Crippen LogP contribution in [-0.4, -0.2) is 16.9 Å². The highest BCUT2D eigenvalue weighted by molar-refractivity contribution is 6.08. The number of unbranched alkanes of at least 4 members (excludes halogenated alkanes) is 4. The second-order valence-electron chi connectivity index (χ2n) is 6.68. The van der Waals surface area contributed by atoms with Crippen LogP contribution in [0.25, 0.3) is 0 Å². The zero-order valence-corrected chi connectivity index (χ0v) is 15.8. The van der Waals surface area contributed by atoms with E-state index in [4.69, 9.17) is 0 Å². The number of carbonyl (C=O) groups excluding carboxylic acids is 2. The van der Waals surface area contributed by atoms with Gasteiger partial charge in [-0.25, -0.2) is 0 Å². The number of hydrogen-bond donors (Lipinski definition) is 3. The molecule has 0 aliphatic carbocycles. The highest BCUT2D eigenvalue weighted by Crippen LogP contribution is 2.15. The zero-order valence-electron chi connectivity index (χ0n) is 15.8. The second-order valence-corrected chi connectivity index (χ2v) is 6.68. The lowest BCUT2D eigenvalue weighted by atomic mass is 10.1. The molecular formula is C22H28N2O3. The zero-order chi connectivity index (χ0) is 19.5. The van der Waals surface area contributed by atoms with Gasteiger partial charge in [0.15, 0.2) is 0 Å². The van der Waals surface area contributed by atoms with Crippen molar-refractivity contribution in [3.05, 3.63) is 54.1 Å². The minimum Gasteiger partial charge on any atom is -0.508 e. The molecule has 27 heavy (non-hydrogen) atoms. The Labute approximate surface area is 160 Å². The van der Waals surface area contributed by atoms with Crippen molar-refractivity contribution in [2.24, 2.45) is 0 Å². The van der Waals surface area contributed by atoms with Crippen LogP contribution in [0.15, 0.2) is 48.5 Å². The van der Waals surface area contributed by atoms with Gasteiger partial charge < -0.3 is 15.7 Å². The number of benzene rings is 2. The molecule has 0 bridgehead atoms. The third kappa shape index (κ3) is 7.94. The average Bonchev–Trinajstić information content (AvgIpc) is 2.64. The van der Waals surface area contributed by atoms with E-state index in [2.05, 4.69) is 17.6 Å². The van der Waals surface area contributed by atoms with Crippen molar-refractivity contribution in [1.82, 2.24) is 0 Å². The fraction of sp³-hybridized carbons (Fsp3) is 0.364. The van der Waals surface area contributed by atoms with E-state index in [1.54, 1.807) is 12.1 Å². The van der Waals surface area contributed by atoms with Crippen LogP contribution in [0.2, 0.25) is 0 Å². The summed E-state index contributed by atoms with van der Waals surface area (Å²) in [4.78, 5) is 23.9. The SMILES string of the molecule is CCCCCCCc1ccc(NC(=O)CC(=O)Nc2ccc(O)cc2)cc1. The number of phenols is 1. The third-order valence-electron chi connectivity index (χ3n) is 4.28. The van der Waals surface area contributed by atoms with E-state index in [0.29, 0.717) is 11.4 Å². The summed E-state index contributed by atoms with van der Waals surface area (Å²) in [5.41, 5.74) is 2.48. The van der Waals surface area contributed by atoms with Gasteiger partial charge >= 0.3 is 0 Å². The number of phenolic OH excluding ortho intramolecular Hbond substituents is 1. The highest BCUT2D eigenvalue weighted by Gasteiger charge is 2.10. The predicted molar refractivity (Wildman–Crippen MR) is 109 cm³/mol. The topological polar surface area (TPSA) is 78.4 Å². The molecule has 0 aromatic heterocycles. The van der Waals surface area contributed by atoms with Crippen molar-refractivity contribution in [1.29, 1.82) is 0 Å². The number of aromatic hydroxyl groups is 1. The van der Waals surface area contributed by atoms with Crippen molar-refractivity contribution in [2.45, 2.75) is 51.9 Å². The number of amides is 2. The van der Waals surface area contributed by atoms with Gasteiger partial charge in [0.2, 0.25) is 11.8 Å². The van der Waals surface area contributed by atoms with Crippen molar-refractivity contribution in [3.63, 3.8) is 0 Å². The van der Waals surface area contributed by atoms with Crippen molar-refractivity contribution in [2.75, 3.05) is 10.6 Å². The molecule has 0 atom stereocenters. The van der Waals surface area contributed by atoms with Crippen LogP contribution in [0.3, 0.4) is 0 Å². The second kappa shape index (κ2) is 11.0. The Balaban J connectivity index is 1.73. The van der Waals surface area contributed by atoms with E-state index in [-0.39, 0.29) is 18.1 Å². The molecule has 5 nitrogen and oxygen atoms in total. The minimum absolute atomic E-state index is 0.121. The molecule has 144 valence electrons. The summed E-state index contributed by atoms with van der Waals surface area (Å²) in [5.74, 6) is -0.643. The fourth-order valence-corrected chi connectivity index (χ4v) is 2.79. The predicted octanol–water partition coefficient (Wildman–Crippen LogP) is 4.87. The largest absolute Gasteiger partial charge is 0.508 e. The van der Waals surface area contributed by atoms with Gasteiger partial charge in [-0.15, -0.1) is 0 Å². The van der Waals surface area contributed by atoms with E-state index in [9.17, 15) is 14.7 Å². The van der Waals surface area contributed by atoms with Crippen LogP contribution >= 0.6 is 0 Å². The Morgan fingerprint density at radius 2 is 1.30 bits per heavy atom. The Hall–Kier alpha value is -2.82. The van der Waals surface area contributed by atoms with Crippen LogP contribution in [0.4, 0.5) is 11.4 Å². The van der Waals surface area contributed by atoms with Crippen molar-refractivity contribution >= 4 is 23.2 Å². The molecule has 2 rings (SSSR count). The summed E-state index contributed by atoms with van der Waals surface area (Å²) in [6.45, 7) is 2.21. The van der Waals surface area contributed by atoms with Crippen LogP contribution < -0.4 is 10.6 Å². The van der Waals surface area contributed by atoms with E-state index in [1.165, 1.54) is 49.8 Å². The van der Waals surface area contributed by atoms with Crippen molar-refractivity contribution < 1.29 is 14.7 Å². The molecule has 2 aromatic rings. The maximum Gasteiger partial charge on any atom is 0.233 e. The molecule has 0 aliphatic heterocycles. The number of rotatable bonds is 10. The first-order chi connectivity index (χ1) is 13.1. The normalized spacial score (nSPS) is 10.4. The summed E-state index contributed by atoms with van der Waals surface area (Å²) in [6.07, 6.45) is 7.06. The summed E-state index contributed by atoms with van der Waals surface area (Å²) in [7, 11) is 0. The van der Waals surface area contributed by atoms with Crippen LogP contribution in [0.1, 0.15) is 51.0 Å². The van der Waals surface area contributed by atoms with Crippen LogP contribution in [0.5, 0.6) is 5.75 Å². The first-order valence-electron chi connectivity index (χ1n) is 9.54. The lowest BCUT2D eigenvalue weighted by Crippen LogP contribution is -2.21. The quantitative estimate of drug-likeness (QED) is 0.318. The molecule has 0 unspecified atom stereocenters. The number of carbonyl (C=O) groups is 2. The van der Waals surface area contributed by atoms with E-state index < -0.39 is 5.91 Å². The third-order valence-corrected chi connectivity index (χ3v) is 4.28. The van der Waals surface area contributed by atoms with Gasteiger partial charge in [0.05, 0.1) is 0 Å². The van der Waals surface area contributed by atoms with Crippen molar-refractivity contribution in [3.8, 4) is 5.75 Å². The van der Waals surface area contributed by atoms with Gasteiger partial charge in [-0.2, -0.15) is 0 Å². The Morgan fingerprint density at radius 3 is 1.85 bits per heavy atom. The first-order valence-corrected chi connectivity index (χ1v) is 9.54. The molecule has 0 aliphatic rings. The Kier molecular flexibility index (Phi) is 8.36. The van der Waals surface area contributed by atoms with E-state index >= 15 is 0 Å². The summed E-state index contributed by atoms with van der Waals surface area (Å²) >= 11 is 0.